The fraction of sp³-hybridized carbons (Fsp3) is 0.111. The van der Waals surface area contributed by atoms with Crippen molar-refractivity contribution in [2.45, 2.75) is 6.54 Å². The van der Waals surface area contributed by atoms with Crippen LogP contribution in [0.2, 0.25) is 0 Å². The van der Waals surface area contributed by atoms with Crippen molar-refractivity contribution in [3.05, 3.63) is 59.4 Å². The van der Waals surface area contributed by atoms with Crippen molar-refractivity contribution >= 4 is 45.8 Å². The van der Waals surface area contributed by atoms with E-state index in [1.54, 1.807) is 48.1 Å². The van der Waals surface area contributed by atoms with Gasteiger partial charge in [-0.2, -0.15) is 0 Å². The molecule has 140 valence electrons. The van der Waals surface area contributed by atoms with Gasteiger partial charge in [0.1, 0.15) is 5.69 Å². The van der Waals surface area contributed by atoms with Crippen molar-refractivity contribution in [2.75, 3.05) is 11.1 Å². The Labute approximate surface area is 168 Å². The summed E-state index contributed by atoms with van der Waals surface area (Å²) in [4.78, 5) is 49.5. The van der Waals surface area contributed by atoms with Crippen molar-refractivity contribution in [1.29, 1.82) is 0 Å². The quantitative estimate of drug-likeness (QED) is 0.688. The number of nitrogens with one attached hydrogen (secondary N) is 1. The molecule has 3 aromatic rings. The minimum atomic E-state index is -0.340. The van der Waals surface area contributed by atoms with Crippen molar-refractivity contribution in [3.8, 4) is 10.8 Å². The van der Waals surface area contributed by atoms with Gasteiger partial charge in [0.05, 0.1) is 12.3 Å². The Bertz CT molecular complexity index is 1020. The highest BCUT2D eigenvalue weighted by Gasteiger charge is 2.29. The Balaban J connectivity index is 1.40. The molecule has 1 saturated heterocycles. The number of thiazole rings is 1. The van der Waals surface area contributed by atoms with Crippen LogP contribution in [0.3, 0.4) is 0 Å². The lowest BCUT2D eigenvalue weighted by Crippen LogP contribution is -2.27. The highest BCUT2D eigenvalue weighted by atomic mass is 32.2. The highest BCUT2D eigenvalue weighted by Crippen LogP contribution is 2.23. The third-order valence-electron chi connectivity index (χ3n) is 3.89. The number of carbonyl (C=O) groups excluding carboxylic acids is 3. The largest absolute Gasteiger partial charge is 0.321 e. The molecule has 0 aliphatic carbocycles. The zero-order valence-corrected chi connectivity index (χ0v) is 16.0. The van der Waals surface area contributed by atoms with E-state index in [-0.39, 0.29) is 35.0 Å². The fourth-order valence-electron chi connectivity index (χ4n) is 2.50. The molecule has 8 nitrogen and oxygen atoms in total. The molecular weight excluding hydrogens is 398 g/mol. The molecule has 1 aliphatic rings. The Kier molecular flexibility index (Phi) is 5.13. The Hall–Kier alpha value is -3.11. The van der Waals surface area contributed by atoms with Gasteiger partial charge in [0, 0.05) is 23.5 Å². The van der Waals surface area contributed by atoms with Gasteiger partial charge in [-0.1, -0.05) is 23.9 Å². The number of imide groups is 1. The molecule has 1 fully saturated rings. The number of thioether (sulfide) groups is 1. The molecular formula is C18H13N5O3S2. The average Bonchev–Trinajstić information content (AvgIpc) is 3.33. The molecule has 0 radical (unpaired) electrons. The topological polar surface area (TPSA) is 105 Å². The molecule has 0 atom stereocenters. The van der Waals surface area contributed by atoms with Crippen molar-refractivity contribution < 1.29 is 14.4 Å². The number of hydrogen-bond acceptors (Lipinski definition) is 8. The van der Waals surface area contributed by atoms with E-state index in [1.165, 1.54) is 16.2 Å². The Morgan fingerprint density at radius 1 is 1.14 bits per heavy atom. The van der Waals surface area contributed by atoms with E-state index in [0.717, 1.165) is 17.3 Å². The third kappa shape index (κ3) is 3.92. The zero-order valence-electron chi connectivity index (χ0n) is 14.4. The number of amides is 3. The summed E-state index contributed by atoms with van der Waals surface area (Å²) >= 11 is 2.30. The molecule has 1 aliphatic heterocycles. The number of anilines is 1. The van der Waals surface area contributed by atoms with Gasteiger partial charge in [-0.05, 0) is 23.8 Å². The smallest absolute Gasteiger partial charge is 0.289 e. The van der Waals surface area contributed by atoms with Crippen molar-refractivity contribution in [2.24, 2.45) is 0 Å². The first-order valence-corrected chi connectivity index (χ1v) is 10.1. The summed E-state index contributed by atoms with van der Waals surface area (Å²) in [6, 6.07) is 8.69. The summed E-state index contributed by atoms with van der Waals surface area (Å²) in [6.45, 7) is 0.228. The van der Waals surface area contributed by atoms with Gasteiger partial charge < -0.3 is 5.32 Å². The minimum Gasteiger partial charge on any atom is -0.321 e. The number of benzene rings is 1. The first kappa shape index (κ1) is 18.3. The van der Waals surface area contributed by atoms with E-state index in [2.05, 4.69) is 20.3 Å². The van der Waals surface area contributed by atoms with Gasteiger partial charge in [-0.15, -0.1) is 11.3 Å². The average molecular weight is 411 g/mol. The number of rotatable bonds is 5. The van der Waals surface area contributed by atoms with Crippen LogP contribution in [0.1, 0.15) is 16.1 Å². The summed E-state index contributed by atoms with van der Waals surface area (Å²) in [7, 11) is 0. The number of nitrogens with zero attached hydrogens (tertiary/aromatic N) is 4. The molecule has 28 heavy (non-hydrogen) atoms. The molecule has 3 amide bonds. The van der Waals surface area contributed by atoms with Crippen molar-refractivity contribution in [1.82, 2.24) is 19.9 Å². The molecule has 2 aromatic heterocycles. The molecule has 3 heterocycles. The molecule has 1 aromatic carbocycles. The van der Waals surface area contributed by atoms with E-state index in [1.807, 2.05) is 0 Å². The van der Waals surface area contributed by atoms with Gasteiger partial charge in [-0.3, -0.25) is 19.3 Å². The van der Waals surface area contributed by atoms with Crippen molar-refractivity contribution in [3.63, 3.8) is 0 Å². The van der Waals surface area contributed by atoms with Crippen LogP contribution >= 0.6 is 23.1 Å². The number of aromatic nitrogens is 3. The standard InChI is InChI=1S/C18H13N5O3S2/c24-14-10-28-18(26)23(14)8-11-2-4-12(5-3-11)21-16(25)13-9-27-17(22-13)15-19-6-1-7-20-15/h1-7,9H,8,10H2,(H,21,25). The normalized spacial score (nSPS) is 13.8. The lowest BCUT2D eigenvalue weighted by Gasteiger charge is -2.13. The molecule has 4 rings (SSSR count). The van der Waals surface area contributed by atoms with Gasteiger partial charge in [-0.25, -0.2) is 15.0 Å². The van der Waals surface area contributed by atoms with Gasteiger partial charge in [0.15, 0.2) is 10.8 Å². The van der Waals surface area contributed by atoms with Crippen LogP contribution in [0.4, 0.5) is 10.5 Å². The molecule has 0 bridgehead atoms. The molecule has 0 spiro atoms. The lowest BCUT2D eigenvalue weighted by atomic mass is 10.2. The maximum absolute atomic E-state index is 12.4. The fourth-order valence-corrected chi connectivity index (χ4v) is 3.97. The first-order chi connectivity index (χ1) is 13.6. The van der Waals surface area contributed by atoms with Crippen LogP contribution in [0.15, 0.2) is 48.1 Å². The molecule has 0 unspecified atom stereocenters. The number of carbonyl (C=O) groups is 3. The van der Waals surface area contributed by atoms with Gasteiger partial charge in [0.25, 0.3) is 11.1 Å². The monoisotopic (exact) mass is 411 g/mol. The van der Waals surface area contributed by atoms with E-state index in [9.17, 15) is 14.4 Å². The van der Waals surface area contributed by atoms with Crippen LogP contribution < -0.4 is 5.32 Å². The van der Waals surface area contributed by atoms with Crippen LogP contribution in [0.5, 0.6) is 0 Å². The minimum absolute atomic E-state index is 0.186. The summed E-state index contributed by atoms with van der Waals surface area (Å²) in [6.07, 6.45) is 3.24. The summed E-state index contributed by atoms with van der Waals surface area (Å²) in [5.74, 6) is 0.137. The van der Waals surface area contributed by atoms with Gasteiger partial charge >= 0.3 is 0 Å². The Morgan fingerprint density at radius 3 is 2.57 bits per heavy atom. The van der Waals surface area contributed by atoms with E-state index < -0.39 is 0 Å². The van der Waals surface area contributed by atoms with Crippen LogP contribution in [-0.2, 0) is 11.3 Å². The molecule has 10 heteroatoms. The van der Waals surface area contributed by atoms with E-state index in [0.29, 0.717) is 16.5 Å². The summed E-state index contributed by atoms with van der Waals surface area (Å²) in [5.41, 5.74) is 1.67. The maximum Gasteiger partial charge on any atom is 0.289 e. The predicted molar refractivity (Wildman–Crippen MR) is 106 cm³/mol. The predicted octanol–water partition coefficient (Wildman–Crippen LogP) is 3.05. The van der Waals surface area contributed by atoms with E-state index in [4.69, 9.17) is 0 Å². The van der Waals surface area contributed by atoms with E-state index >= 15 is 0 Å². The second-order valence-corrected chi connectivity index (χ2v) is 7.58. The third-order valence-corrected chi connectivity index (χ3v) is 5.58. The summed E-state index contributed by atoms with van der Waals surface area (Å²) < 4.78 is 0. The zero-order chi connectivity index (χ0) is 19.5. The second-order valence-electron chi connectivity index (χ2n) is 5.80. The van der Waals surface area contributed by atoms with Crippen LogP contribution in [0.25, 0.3) is 10.8 Å². The Morgan fingerprint density at radius 2 is 1.89 bits per heavy atom. The number of hydrogen-bond donors (Lipinski definition) is 1. The van der Waals surface area contributed by atoms with Crippen LogP contribution in [0, 0.1) is 0 Å². The molecule has 0 saturated carbocycles. The van der Waals surface area contributed by atoms with Crippen LogP contribution in [-0.4, -0.2) is 42.7 Å². The first-order valence-electron chi connectivity index (χ1n) is 8.20. The lowest BCUT2D eigenvalue weighted by molar-refractivity contribution is -0.125. The summed E-state index contributed by atoms with van der Waals surface area (Å²) in [5, 5.41) is 4.76. The SMILES string of the molecule is O=C(Nc1ccc(CN2C(=O)CSC2=O)cc1)c1csc(-c2ncccn2)n1. The highest BCUT2D eigenvalue weighted by molar-refractivity contribution is 8.14. The maximum atomic E-state index is 12.4. The van der Waals surface area contributed by atoms with Gasteiger partial charge in [0.2, 0.25) is 5.91 Å². The molecule has 1 N–H and O–H groups in total. The second kappa shape index (κ2) is 7.87.